The summed E-state index contributed by atoms with van der Waals surface area (Å²) in [7, 11) is 0. The van der Waals surface area contributed by atoms with E-state index in [1.807, 2.05) is 0 Å². The van der Waals surface area contributed by atoms with E-state index in [0.717, 1.165) is 29.2 Å². The smallest absolute Gasteiger partial charge is 0.229 e. The molecule has 2 amide bonds. The van der Waals surface area contributed by atoms with Gasteiger partial charge in [0.1, 0.15) is 11.6 Å². The van der Waals surface area contributed by atoms with Gasteiger partial charge in [-0.25, -0.2) is 17.6 Å². The number of nitrogens with zero attached hydrogens (tertiary/aromatic N) is 1. The number of rotatable bonds is 3. The summed E-state index contributed by atoms with van der Waals surface area (Å²) in [5, 5.41) is 2.30. The Morgan fingerprint density at radius 2 is 1.76 bits per heavy atom. The Morgan fingerprint density at radius 3 is 2.44 bits per heavy atom. The first-order valence-corrected chi connectivity index (χ1v) is 7.36. The highest BCUT2D eigenvalue weighted by Gasteiger charge is 2.35. The fourth-order valence-corrected chi connectivity index (χ4v) is 2.61. The second-order valence-electron chi connectivity index (χ2n) is 5.62. The van der Waals surface area contributed by atoms with Crippen molar-refractivity contribution in [3.8, 4) is 0 Å². The summed E-state index contributed by atoms with van der Waals surface area (Å²) in [5.74, 6) is -5.73. The van der Waals surface area contributed by atoms with Crippen LogP contribution in [0.25, 0.3) is 0 Å². The van der Waals surface area contributed by atoms with Gasteiger partial charge in [0.2, 0.25) is 11.8 Å². The van der Waals surface area contributed by atoms with Gasteiger partial charge < -0.3 is 10.2 Å². The molecule has 2 aromatic carbocycles. The van der Waals surface area contributed by atoms with E-state index in [9.17, 15) is 27.2 Å². The number of hydrogen-bond donors (Lipinski definition) is 1. The van der Waals surface area contributed by atoms with Crippen LogP contribution in [-0.4, -0.2) is 18.4 Å². The van der Waals surface area contributed by atoms with Crippen LogP contribution in [0.1, 0.15) is 6.42 Å². The number of anilines is 2. The molecule has 2 aromatic rings. The van der Waals surface area contributed by atoms with Crippen LogP contribution in [0.2, 0.25) is 0 Å². The molecular weight excluding hydrogens is 340 g/mol. The van der Waals surface area contributed by atoms with Gasteiger partial charge in [-0.2, -0.15) is 0 Å². The predicted octanol–water partition coefficient (Wildman–Crippen LogP) is 3.23. The SMILES string of the molecule is O=C(Nc1ccc(F)cc1F)C1CC(=O)N(c2ccc(F)c(F)c2)C1. The number of halogens is 4. The maximum atomic E-state index is 13.6. The Labute approximate surface area is 140 Å². The molecule has 0 aliphatic carbocycles. The lowest BCUT2D eigenvalue weighted by Crippen LogP contribution is -2.28. The van der Waals surface area contributed by atoms with E-state index < -0.39 is 41.0 Å². The van der Waals surface area contributed by atoms with Crippen molar-refractivity contribution in [3.63, 3.8) is 0 Å². The molecule has 1 atom stereocenters. The molecule has 0 saturated carbocycles. The first-order chi connectivity index (χ1) is 11.8. The predicted molar refractivity (Wildman–Crippen MR) is 81.8 cm³/mol. The molecule has 3 rings (SSSR count). The molecule has 130 valence electrons. The van der Waals surface area contributed by atoms with Crippen molar-refractivity contribution in [3.05, 3.63) is 59.7 Å². The zero-order valence-electron chi connectivity index (χ0n) is 12.7. The van der Waals surface area contributed by atoms with Crippen molar-refractivity contribution in [2.24, 2.45) is 5.92 Å². The van der Waals surface area contributed by atoms with Gasteiger partial charge in [0.25, 0.3) is 0 Å². The standard InChI is InChI=1S/C17H12F4N2O2/c18-10-1-4-15(14(21)6-10)22-17(25)9-5-16(24)23(8-9)11-2-3-12(19)13(20)7-11/h1-4,6-7,9H,5,8H2,(H,22,25). The van der Waals surface area contributed by atoms with E-state index in [1.165, 1.54) is 6.07 Å². The fraction of sp³-hybridized carbons (Fsp3) is 0.176. The maximum Gasteiger partial charge on any atom is 0.229 e. The number of benzene rings is 2. The van der Waals surface area contributed by atoms with Crippen LogP contribution in [-0.2, 0) is 9.59 Å². The Kier molecular flexibility index (Phi) is 4.43. The molecule has 1 N–H and O–H groups in total. The molecule has 0 spiro atoms. The van der Waals surface area contributed by atoms with Crippen LogP contribution in [0, 0.1) is 29.2 Å². The third-order valence-electron chi connectivity index (χ3n) is 3.90. The molecule has 1 aliphatic heterocycles. The van der Waals surface area contributed by atoms with Gasteiger partial charge in [0.15, 0.2) is 11.6 Å². The minimum Gasteiger partial charge on any atom is -0.323 e. The van der Waals surface area contributed by atoms with Gasteiger partial charge in [-0.3, -0.25) is 9.59 Å². The Bertz CT molecular complexity index is 857. The molecule has 1 heterocycles. The van der Waals surface area contributed by atoms with E-state index in [1.54, 1.807) is 0 Å². The van der Waals surface area contributed by atoms with Crippen molar-refractivity contribution in [1.82, 2.24) is 0 Å². The number of amides is 2. The highest BCUT2D eigenvalue weighted by molar-refractivity contribution is 6.03. The summed E-state index contributed by atoms with van der Waals surface area (Å²) in [6.45, 7) is -0.0570. The van der Waals surface area contributed by atoms with Crippen molar-refractivity contribution in [2.75, 3.05) is 16.8 Å². The van der Waals surface area contributed by atoms with E-state index >= 15 is 0 Å². The molecule has 0 aromatic heterocycles. The Morgan fingerprint density at radius 1 is 1.00 bits per heavy atom. The lowest BCUT2D eigenvalue weighted by atomic mass is 10.1. The minimum absolute atomic E-state index is 0.0570. The quantitative estimate of drug-likeness (QED) is 0.863. The van der Waals surface area contributed by atoms with Crippen LogP contribution in [0.15, 0.2) is 36.4 Å². The third kappa shape index (κ3) is 3.47. The summed E-state index contributed by atoms with van der Waals surface area (Å²) < 4.78 is 52.8. The second-order valence-corrected chi connectivity index (χ2v) is 5.62. The van der Waals surface area contributed by atoms with E-state index in [2.05, 4.69) is 5.32 Å². The number of hydrogen-bond acceptors (Lipinski definition) is 2. The summed E-state index contributed by atoms with van der Waals surface area (Å²) >= 11 is 0. The zero-order valence-corrected chi connectivity index (χ0v) is 12.7. The lowest BCUT2D eigenvalue weighted by Gasteiger charge is -2.17. The summed E-state index contributed by atoms with van der Waals surface area (Å²) in [5.41, 5.74) is -0.0720. The van der Waals surface area contributed by atoms with Crippen molar-refractivity contribution < 1.29 is 27.2 Å². The first kappa shape index (κ1) is 16.9. The molecular formula is C17H12F4N2O2. The largest absolute Gasteiger partial charge is 0.323 e. The molecule has 0 radical (unpaired) electrons. The van der Waals surface area contributed by atoms with Gasteiger partial charge in [0.05, 0.1) is 11.6 Å². The van der Waals surface area contributed by atoms with Gasteiger partial charge >= 0.3 is 0 Å². The molecule has 1 unspecified atom stereocenters. The van der Waals surface area contributed by atoms with Crippen LogP contribution < -0.4 is 10.2 Å². The van der Waals surface area contributed by atoms with Crippen LogP contribution in [0.4, 0.5) is 28.9 Å². The molecule has 1 fully saturated rings. The topological polar surface area (TPSA) is 49.4 Å². The summed E-state index contributed by atoms with van der Waals surface area (Å²) in [4.78, 5) is 25.4. The van der Waals surface area contributed by atoms with Gasteiger partial charge in [-0.15, -0.1) is 0 Å². The van der Waals surface area contributed by atoms with Crippen molar-refractivity contribution in [1.29, 1.82) is 0 Å². The van der Waals surface area contributed by atoms with Crippen molar-refractivity contribution in [2.45, 2.75) is 6.42 Å². The third-order valence-corrected chi connectivity index (χ3v) is 3.90. The molecule has 25 heavy (non-hydrogen) atoms. The normalized spacial score (nSPS) is 17.0. The second kappa shape index (κ2) is 6.54. The van der Waals surface area contributed by atoms with Gasteiger partial charge in [0, 0.05) is 30.8 Å². The minimum atomic E-state index is -1.11. The Balaban J connectivity index is 1.73. The Hall–Kier alpha value is -2.90. The molecule has 0 bridgehead atoms. The van der Waals surface area contributed by atoms with E-state index in [4.69, 9.17) is 0 Å². The number of carbonyl (C=O) groups is 2. The maximum absolute atomic E-state index is 13.6. The molecule has 8 heteroatoms. The monoisotopic (exact) mass is 352 g/mol. The molecule has 1 saturated heterocycles. The average Bonchev–Trinajstić information content (AvgIpc) is 2.95. The van der Waals surface area contributed by atoms with Crippen LogP contribution in [0.5, 0.6) is 0 Å². The number of carbonyl (C=O) groups excluding carboxylic acids is 2. The van der Waals surface area contributed by atoms with Crippen molar-refractivity contribution >= 4 is 23.2 Å². The van der Waals surface area contributed by atoms with E-state index in [0.29, 0.717) is 6.07 Å². The summed E-state index contributed by atoms with van der Waals surface area (Å²) in [6, 6.07) is 5.68. The molecule has 1 aliphatic rings. The highest BCUT2D eigenvalue weighted by atomic mass is 19.2. The average molecular weight is 352 g/mol. The summed E-state index contributed by atoms with van der Waals surface area (Å²) in [6.07, 6.45) is -0.159. The van der Waals surface area contributed by atoms with Crippen LogP contribution >= 0.6 is 0 Å². The first-order valence-electron chi connectivity index (χ1n) is 7.36. The van der Waals surface area contributed by atoms with E-state index in [-0.39, 0.29) is 24.3 Å². The lowest BCUT2D eigenvalue weighted by molar-refractivity contribution is -0.122. The van der Waals surface area contributed by atoms with Gasteiger partial charge in [-0.1, -0.05) is 0 Å². The number of nitrogens with one attached hydrogen (secondary N) is 1. The van der Waals surface area contributed by atoms with Crippen LogP contribution in [0.3, 0.4) is 0 Å². The fourth-order valence-electron chi connectivity index (χ4n) is 2.61. The molecule has 4 nitrogen and oxygen atoms in total. The van der Waals surface area contributed by atoms with Gasteiger partial charge in [-0.05, 0) is 24.3 Å². The highest BCUT2D eigenvalue weighted by Crippen LogP contribution is 2.27. The zero-order chi connectivity index (χ0) is 18.1.